The summed E-state index contributed by atoms with van der Waals surface area (Å²) in [5, 5.41) is 2.57. The van der Waals surface area contributed by atoms with Crippen molar-refractivity contribution in [2.24, 2.45) is 0 Å². The van der Waals surface area contributed by atoms with Gasteiger partial charge in [-0.15, -0.1) is 0 Å². The van der Waals surface area contributed by atoms with E-state index in [2.05, 4.69) is 43.6 Å². The number of pyridine rings is 1. The zero-order valence-corrected chi connectivity index (χ0v) is 17.2. The second kappa shape index (κ2) is 9.94. The van der Waals surface area contributed by atoms with Crippen molar-refractivity contribution in [3.8, 4) is 11.1 Å². The number of amides is 1. The minimum absolute atomic E-state index is 0.540. The Balaban J connectivity index is 0.000000592. The zero-order chi connectivity index (χ0) is 18.2. The van der Waals surface area contributed by atoms with Crippen LogP contribution in [0.1, 0.15) is 24.8 Å². The van der Waals surface area contributed by atoms with Gasteiger partial charge in [-0.25, -0.2) is 4.98 Å². The Labute approximate surface area is 169 Å². The van der Waals surface area contributed by atoms with Crippen LogP contribution in [-0.4, -0.2) is 22.4 Å². The number of carbonyl (C=O) groups excluding carboxylic acids is 1. The predicted octanol–water partition coefficient (Wildman–Crippen LogP) is 5.30. The Kier molecular flexibility index (Phi) is 7.33. The number of hydrogen-bond acceptors (Lipinski definition) is 4. The number of nitrogens with one attached hydrogen (secondary N) is 1. The highest BCUT2D eigenvalue weighted by molar-refractivity contribution is 14.2. The lowest BCUT2D eigenvalue weighted by Crippen LogP contribution is -1.96. The van der Waals surface area contributed by atoms with E-state index in [-0.39, 0.29) is 0 Å². The molecular weight excluding hydrogens is 461 g/mol. The lowest BCUT2D eigenvalue weighted by Gasteiger charge is -2.09. The van der Waals surface area contributed by atoms with Crippen LogP contribution in [-0.2, 0) is 15.4 Å². The van der Waals surface area contributed by atoms with E-state index in [1.165, 1.54) is 39.6 Å². The van der Waals surface area contributed by atoms with Crippen LogP contribution >= 0.6 is 30.4 Å². The Morgan fingerprint density at radius 1 is 1.19 bits per heavy atom. The van der Waals surface area contributed by atoms with E-state index in [4.69, 9.17) is 4.18 Å². The third-order valence-corrected chi connectivity index (χ3v) is 4.86. The number of fused-ring (bicyclic) bond motifs is 1. The summed E-state index contributed by atoms with van der Waals surface area (Å²) in [6.07, 6.45) is 9.80. The van der Waals surface area contributed by atoms with Gasteiger partial charge in [0.25, 0.3) is 0 Å². The third-order valence-electron chi connectivity index (χ3n) is 3.84. The van der Waals surface area contributed by atoms with Gasteiger partial charge < -0.3 is 13.9 Å². The molecule has 5 nitrogen and oxygen atoms in total. The molecule has 4 rings (SSSR count). The molecule has 1 N–H and O–H groups in total. The number of nitrogens with zero attached hydrogens (tertiary/aromatic N) is 2. The van der Waals surface area contributed by atoms with Crippen molar-refractivity contribution in [2.45, 2.75) is 25.7 Å². The number of imidazole rings is 1. The van der Waals surface area contributed by atoms with Gasteiger partial charge in [0.2, 0.25) is 6.41 Å². The van der Waals surface area contributed by atoms with Gasteiger partial charge in [-0.2, -0.15) is 0 Å². The second-order valence-corrected chi connectivity index (χ2v) is 7.36. The lowest BCUT2D eigenvalue weighted by atomic mass is 9.99. The molecule has 1 fully saturated rings. The van der Waals surface area contributed by atoms with Crippen molar-refractivity contribution in [3.63, 3.8) is 0 Å². The molecule has 7 heteroatoms. The molecule has 1 aromatic carbocycles. The van der Waals surface area contributed by atoms with Crippen molar-refractivity contribution in [3.05, 3.63) is 54.4 Å². The van der Waals surface area contributed by atoms with Gasteiger partial charge in [-0.05, 0) is 35.2 Å². The predicted molar refractivity (Wildman–Crippen MR) is 115 cm³/mol. The summed E-state index contributed by atoms with van der Waals surface area (Å²) in [5.74, 6) is 0.540. The molecule has 1 amide bonds. The highest BCUT2D eigenvalue weighted by Gasteiger charge is 2.07. The van der Waals surface area contributed by atoms with Gasteiger partial charge >= 0.3 is 0 Å². The molecule has 0 atom stereocenters. The van der Waals surface area contributed by atoms with Crippen LogP contribution in [0, 0.1) is 0 Å². The Bertz CT molecular complexity index is 864. The average molecular weight is 481 g/mol. The molecule has 3 aromatic rings. The maximum atomic E-state index is 10.5. The van der Waals surface area contributed by atoms with Crippen molar-refractivity contribution in [1.29, 1.82) is 0 Å². The first kappa shape index (κ1) is 19.2. The summed E-state index contributed by atoms with van der Waals surface area (Å²) in [6, 6.07) is 12.3. The van der Waals surface area contributed by atoms with Crippen LogP contribution in [0.3, 0.4) is 0 Å². The molecule has 0 spiro atoms. The fraction of sp³-hybridized carbons (Fsp3) is 0.263. The Hall–Kier alpha value is -1.58. The highest BCUT2D eigenvalue weighted by atomic mass is 127. The molecule has 0 unspecified atom stereocenters. The van der Waals surface area contributed by atoms with Crippen molar-refractivity contribution in [2.75, 3.05) is 11.9 Å². The van der Waals surface area contributed by atoms with Crippen molar-refractivity contribution < 1.29 is 8.98 Å². The average Bonchev–Trinajstić information content (AvgIpc) is 3.49. The normalized spacial score (nSPS) is 12.3. The first-order chi connectivity index (χ1) is 12.8. The second-order valence-electron chi connectivity index (χ2n) is 5.92. The van der Waals surface area contributed by atoms with E-state index in [1.807, 2.05) is 34.9 Å². The van der Waals surface area contributed by atoms with Gasteiger partial charge in [0.1, 0.15) is 5.65 Å². The van der Waals surface area contributed by atoms with Crippen LogP contribution in [0.15, 0.2) is 48.8 Å². The van der Waals surface area contributed by atoms with E-state index < -0.39 is 0 Å². The van der Waals surface area contributed by atoms with Gasteiger partial charge in [0.15, 0.2) is 5.82 Å². The summed E-state index contributed by atoms with van der Waals surface area (Å²) in [4.78, 5) is 14.9. The molecule has 0 aliphatic heterocycles. The lowest BCUT2D eigenvalue weighted by molar-refractivity contribution is -0.105. The van der Waals surface area contributed by atoms with E-state index in [1.54, 1.807) is 6.20 Å². The summed E-state index contributed by atoms with van der Waals surface area (Å²) in [5.41, 5.74) is 4.31. The molecular formula is C19H20IN3O2S. The quantitative estimate of drug-likeness (QED) is 0.216. The Morgan fingerprint density at radius 3 is 2.73 bits per heavy atom. The number of hydrogen-bond donors (Lipinski definition) is 1. The van der Waals surface area contributed by atoms with Crippen LogP contribution in [0.4, 0.5) is 5.82 Å². The molecule has 0 saturated heterocycles. The number of benzene rings is 1. The van der Waals surface area contributed by atoms with E-state index in [9.17, 15) is 4.79 Å². The van der Waals surface area contributed by atoms with Crippen LogP contribution in [0.5, 0.6) is 0 Å². The molecule has 2 aromatic heterocycles. The largest absolute Gasteiger partial charge is 0.312 e. The number of rotatable bonds is 7. The van der Waals surface area contributed by atoms with E-state index >= 15 is 0 Å². The SMILES string of the molecule is C1CC1.O=CNc1cn2cc(-c3ccccc3CCOSI)ccc2n1. The maximum Gasteiger partial charge on any atom is 0.212 e. The summed E-state index contributed by atoms with van der Waals surface area (Å²) in [7, 11) is 1.35. The van der Waals surface area contributed by atoms with Gasteiger partial charge in [-0.1, -0.05) is 43.5 Å². The molecule has 1 aliphatic rings. The monoisotopic (exact) mass is 481 g/mol. The zero-order valence-electron chi connectivity index (χ0n) is 14.2. The van der Waals surface area contributed by atoms with Crippen molar-refractivity contribution >= 4 is 48.3 Å². The number of aromatic nitrogens is 2. The maximum absolute atomic E-state index is 10.5. The molecule has 0 radical (unpaired) electrons. The van der Waals surface area contributed by atoms with Crippen LogP contribution < -0.4 is 5.32 Å². The number of carbonyl (C=O) groups is 1. The minimum Gasteiger partial charge on any atom is -0.312 e. The molecule has 0 bridgehead atoms. The Morgan fingerprint density at radius 2 is 2.00 bits per heavy atom. The number of halogens is 1. The van der Waals surface area contributed by atoms with E-state index in [0.29, 0.717) is 18.8 Å². The first-order valence-electron chi connectivity index (χ1n) is 8.49. The van der Waals surface area contributed by atoms with Gasteiger partial charge in [0, 0.05) is 27.4 Å². The van der Waals surface area contributed by atoms with E-state index in [0.717, 1.165) is 17.6 Å². The fourth-order valence-electron chi connectivity index (χ4n) is 2.48. The molecule has 26 heavy (non-hydrogen) atoms. The molecule has 136 valence electrons. The molecule has 1 saturated carbocycles. The minimum atomic E-state index is 0.540. The van der Waals surface area contributed by atoms with Gasteiger partial charge in [-0.3, -0.25) is 4.79 Å². The summed E-state index contributed by atoms with van der Waals surface area (Å²) in [6.45, 7) is 0.672. The topological polar surface area (TPSA) is 55.6 Å². The fourth-order valence-corrected chi connectivity index (χ4v) is 3.17. The summed E-state index contributed by atoms with van der Waals surface area (Å²) < 4.78 is 7.29. The highest BCUT2D eigenvalue weighted by Crippen LogP contribution is 2.26. The first-order valence-corrected chi connectivity index (χ1v) is 11.8. The standard InChI is InChI=1S/C16H14IN3O2S.C3H6/c17-23-22-8-7-12-3-1-2-4-14(12)13-5-6-16-19-15(18-11-21)10-20(16)9-13;1-2-3-1/h1-6,9-11H,7-8H2,(H,18,21);1-3H2. The number of anilines is 1. The van der Waals surface area contributed by atoms with Crippen molar-refractivity contribution in [1.82, 2.24) is 9.38 Å². The smallest absolute Gasteiger partial charge is 0.212 e. The van der Waals surface area contributed by atoms with Gasteiger partial charge in [0.05, 0.1) is 22.0 Å². The van der Waals surface area contributed by atoms with Crippen LogP contribution in [0.25, 0.3) is 16.8 Å². The molecule has 1 aliphatic carbocycles. The molecule has 2 heterocycles. The third kappa shape index (κ3) is 5.46. The van der Waals surface area contributed by atoms with Crippen LogP contribution in [0.2, 0.25) is 0 Å². The summed E-state index contributed by atoms with van der Waals surface area (Å²) >= 11 is 2.12.